The number of nitrogens with two attached hydrogens (primary N) is 2. The number of nitrogens with zero attached hydrogens (tertiary/aromatic N) is 5. The summed E-state index contributed by atoms with van der Waals surface area (Å²) < 4.78 is 16.4. The average molecular weight is 724 g/mol. The van der Waals surface area contributed by atoms with Gasteiger partial charge in [-0.15, -0.1) is 0 Å². The molecular formula is C39H49N9O5. The number of aromatic nitrogens is 2. The van der Waals surface area contributed by atoms with Crippen molar-refractivity contribution in [3.63, 3.8) is 0 Å². The molecule has 0 radical (unpaired) electrons. The molecule has 2 aliphatic rings. The topological polar surface area (TPSA) is 177 Å². The van der Waals surface area contributed by atoms with E-state index < -0.39 is 5.60 Å². The lowest BCUT2D eigenvalue weighted by Gasteiger charge is -2.30. The molecule has 0 spiro atoms. The molecule has 6 N–H and O–H groups in total. The predicted molar refractivity (Wildman–Crippen MR) is 209 cm³/mol. The molecule has 3 aromatic rings. The molecule has 14 heteroatoms. The standard InChI is InChI=1S/C39H49N9O5/c1-27(53-21-20-51-4)6-7-32(23-40)37-34-22-33(12-13-35(34)44-45-37)43-38(50)39(52-5)16-19-47(25-39)24-36(49)48-17-14-31(15-18-48)30-10-8-29(9-11-30)28(2)42-26-46(3)41/h6-14,22-23,26H,1-2,15-21,24-25,40-41H2,3-5H3,(H,43,50)(H,44,45)/b7-6-,32-23+,42-26-/t39-/m0/s1. The number of ether oxygens (including phenoxy) is 3. The summed E-state index contributed by atoms with van der Waals surface area (Å²) in [6.45, 7) is 10.9. The average Bonchev–Trinajstić information content (AvgIpc) is 3.79. The maximum absolute atomic E-state index is 13.7. The van der Waals surface area contributed by atoms with E-state index in [-0.39, 0.29) is 18.4 Å². The third kappa shape index (κ3) is 9.67. The highest BCUT2D eigenvalue weighted by atomic mass is 16.5. The summed E-state index contributed by atoms with van der Waals surface area (Å²) in [6.07, 6.45) is 9.72. The van der Waals surface area contributed by atoms with E-state index in [1.807, 2.05) is 46.2 Å². The number of hydrazine groups is 1. The van der Waals surface area contributed by atoms with Crippen LogP contribution in [0.3, 0.4) is 0 Å². The molecule has 280 valence electrons. The Balaban J connectivity index is 1.17. The SMILES string of the molecule is C=C(/C=C\C(=C/N)c1n[nH]c2ccc(NC(=O)[C@]3(OC)CCN(CC(=O)N4CC=C(c5ccc(C(=C)/N=C\N(C)N)cc5)CC4)C3)cc12)OCCOC. The number of methoxy groups -OCH3 is 2. The van der Waals surface area contributed by atoms with Crippen molar-refractivity contribution in [3.05, 3.63) is 103 Å². The Morgan fingerprint density at radius 2 is 1.92 bits per heavy atom. The van der Waals surface area contributed by atoms with Gasteiger partial charge in [0.2, 0.25) is 5.91 Å². The van der Waals surface area contributed by atoms with Crippen LogP contribution in [-0.2, 0) is 23.8 Å². The Labute approximate surface area is 310 Å². The lowest BCUT2D eigenvalue weighted by molar-refractivity contribution is -0.138. The van der Waals surface area contributed by atoms with E-state index >= 15 is 0 Å². The molecule has 2 aromatic carbocycles. The zero-order valence-corrected chi connectivity index (χ0v) is 30.6. The van der Waals surface area contributed by atoms with Crippen molar-refractivity contribution in [1.82, 2.24) is 25.0 Å². The number of rotatable bonds is 16. The normalized spacial score (nSPS) is 18.2. The molecule has 14 nitrogen and oxygen atoms in total. The summed E-state index contributed by atoms with van der Waals surface area (Å²) in [6, 6.07) is 13.5. The van der Waals surface area contributed by atoms with Gasteiger partial charge in [-0.3, -0.25) is 19.6 Å². The van der Waals surface area contributed by atoms with Gasteiger partial charge in [0.05, 0.1) is 24.4 Å². The van der Waals surface area contributed by atoms with Crippen LogP contribution in [0.2, 0.25) is 0 Å². The van der Waals surface area contributed by atoms with Gasteiger partial charge in [0.25, 0.3) is 5.91 Å². The van der Waals surface area contributed by atoms with Crippen LogP contribution in [-0.4, -0.2) is 116 Å². The van der Waals surface area contributed by atoms with E-state index in [0.29, 0.717) is 74.2 Å². The Morgan fingerprint density at radius 3 is 2.60 bits per heavy atom. The van der Waals surface area contributed by atoms with Gasteiger partial charge in [-0.05, 0) is 59.9 Å². The van der Waals surface area contributed by atoms with E-state index in [4.69, 9.17) is 25.8 Å². The van der Waals surface area contributed by atoms with E-state index in [9.17, 15) is 9.59 Å². The quantitative estimate of drug-likeness (QED) is 0.0324. The van der Waals surface area contributed by atoms with Crippen LogP contribution in [0.5, 0.6) is 0 Å². The third-order valence-corrected chi connectivity index (χ3v) is 9.32. The van der Waals surface area contributed by atoms with Crippen LogP contribution in [0.4, 0.5) is 5.69 Å². The fourth-order valence-corrected chi connectivity index (χ4v) is 6.26. The van der Waals surface area contributed by atoms with Gasteiger partial charge in [-0.1, -0.05) is 43.5 Å². The van der Waals surface area contributed by atoms with Crippen molar-refractivity contribution in [2.75, 3.05) is 72.5 Å². The van der Waals surface area contributed by atoms with Gasteiger partial charge in [0.15, 0.2) is 5.60 Å². The zero-order chi connectivity index (χ0) is 38.0. The summed E-state index contributed by atoms with van der Waals surface area (Å²) >= 11 is 0. The molecule has 53 heavy (non-hydrogen) atoms. The molecule has 0 aliphatic carbocycles. The van der Waals surface area contributed by atoms with Crippen molar-refractivity contribution >= 4 is 51.6 Å². The Bertz CT molecular complexity index is 1930. The molecule has 0 saturated carbocycles. The number of amides is 2. The van der Waals surface area contributed by atoms with Crippen LogP contribution in [0.1, 0.15) is 29.7 Å². The molecule has 1 aromatic heterocycles. The van der Waals surface area contributed by atoms with Gasteiger partial charge in [-0.25, -0.2) is 10.8 Å². The number of hydrogen-bond acceptors (Lipinski definition) is 10. The number of fused-ring (bicyclic) bond motifs is 1. The number of allylic oxidation sites excluding steroid dienone is 3. The number of anilines is 1. The van der Waals surface area contributed by atoms with Crippen LogP contribution >= 0.6 is 0 Å². The van der Waals surface area contributed by atoms with E-state index in [0.717, 1.165) is 28.5 Å². The molecule has 5 rings (SSSR count). The number of aromatic amines is 1. The first kappa shape index (κ1) is 38.7. The van der Waals surface area contributed by atoms with E-state index in [1.54, 1.807) is 32.4 Å². The number of carbonyl (C=O) groups is 2. The van der Waals surface area contributed by atoms with Crippen LogP contribution in [0.25, 0.3) is 27.7 Å². The second-order valence-electron chi connectivity index (χ2n) is 13.0. The Kier molecular flexibility index (Phi) is 13.0. The fourth-order valence-electron chi connectivity index (χ4n) is 6.26. The van der Waals surface area contributed by atoms with E-state index in [1.165, 1.54) is 30.2 Å². The molecular weight excluding hydrogens is 674 g/mol. The van der Waals surface area contributed by atoms with E-state index in [2.05, 4.69) is 39.7 Å². The van der Waals surface area contributed by atoms with Crippen LogP contribution in [0.15, 0.2) is 90.8 Å². The number of nitrogens with one attached hydrogen (secondary N) is 2. The van der Waals surface area contributed by atoms with Crippen molar-refractivity contribution in [3.8, 4) is 0 Å². The maximum atomic E-state index is 13.7. The first-order chi connectivity index (χ1) is 25.5. The number of benzene rings is 2. The van der Waals surface area contributed by atoms with Crippen molar-refractivity contribution in [2.45, 2.75) is 18.4 Å². The van der Waals surface area contributed by atoms with Gasteiger partial charge in [0.1, 0.15) is 24.4 Å². The van der Waals surface area contributed by atoms with Gasteiger partial charge in [0, 0.05) is 70.3 Å². The minimum absolute atomic E-state index is 0.0165. The number of hydrogen-bond donors (Lipinski definition) is 4. The van der Waals surface area contributed by atoms with Gasteiger partial charge >= 0.3 is 0 Å². The highest BCUT2D eigenvalue weighted by Gasteiger charge is 2.45. The lowest BCUT2D eigenvalue weighted by Crippen LogP contribution is -2.48. The van der Waals surface area contributed by atoms with Crippen molar-refractivity contribution < 1.29 is 23.8 Å². The zero-order valence-electron chi connectivity index (χ0n) is 30.6. The molecule has 1 fully saturated rings. The van der Waals surface area contributed by atoms with Crippen molar-refractivity contribution in [1.29, 1.82) is 0 Å². The lowest BCUT2D eigenvalue weighted by atomic mass is 9.98. The summed E-state index contributed by atoms with van der Waals surface area (Å²) in [5.41, 5.74) is 11.3. The summed E-state index contributed by atoms with van der Waals surface area (Å²) in [5.74, 6) is 5.78. The molecule has 2 aliphatic heterocycles. The molecule has 0 unspecified atom stereocenters. The third-order valence-electron chi connectivity index (χ3n) is 9.32. The first-order valence-electron chi connectivity index (χ1n) is 17.3. The monoisotopic (exact) mass is 723 g/mol. The molecule has 3 heterocycles. The van der Waals surface area contributed by atoms with Gasteiger partial charge in [-0.2, -0.15) is 5.10 Å². The molecule has 0 bridgehead atoms. The van der Waals surface area contributed by atoms with Crippen LogP contribution in [0, 0.1) is 0 Å². The second kappa shape index (κ2) is 17.8. The summed E-state index contributed by atoms with van der Waals surface area (Å²) in [7, 11) is 4.83. The molecule has 1 saturated heterocycles. The number of likely N-dealkylation sites (tertiary alicyclic amines) is 1. The fraction of sp³-hybridized carbons (Fsp3) is 0.333. The largest absolute Gasteiger partial charge is 0.492 e. The molecule has 1 atom stereocenters. The molecule has 2 amide bonds. The maximum Gasteiger partial charge on any atom is 0.258 e. The predicted octanol–water partition coefficient (Wildman–Crippen LogP) is 3.75. The number of H-pyrrole nitrogens is 1. The van der Waals surface area contributed by atoms with Crippen LogP contribution < -0.4 is 16.9 Å². The smallest absolute Gasteiger partial charge is 0.258 e. The number of aliphatic imine (C=N–C) groups is 1. The Hall–Kier alpha value is -5.54. The second-order valence-corrected chi connectivity index (χ2v) is 13.0. The first-order valence-corrected chi connectivity index (χ1v) is 17.3. The highest BCUT2D eigenvalue weighted by Crippen LogP contribution is 2.30. The number of carbonyl (C=O) groups excluding carboxylic acids is 2. The summed E-state index contributed by atoms with van der Waals surface area (Å²) in [4.78, 5) is 35.2. The highest BCUT2D eigenvalue weighted by molar-refractivity contribution is 6.01. The Morgan fingerprint density at radius 1 is 1.13 bits per heavy atom. The van der Waals surface area contributed by atoms with Gasteiger partial charge < -0.3 is 35.2 Å². The van der Waals surface area contributed by atoms with Crippen molar-refractivity contribution in [2.24, 2.45) is 16.6 Å². The minimum atomic E-state index is -1.11. The summed E-state index contributed by atoms with van der Waals surface area (Å²) in [5, 5.41) is 12.6. The minimum Gasteiger partial charge on any atom is -0.492 e.